The van der Waals surface area contributed by atoms with Crippen LogP contribution in [0.2, 0.25) is 0 Å². The fraction of sp³-hybridized carbons (Fsp3) is 0.256. The van der Waals surface area contributed by atoms with E-state index in [1.54, 1.807) is 83.8 Å². The van der Waals surface area contributed by atoms with E-state index in [0.717, 1.165) is 33.6 Å². The monoisotopic (exact) mass is 833 g/mol. The van der Waals surface area contributed by atoms with Gasteiger partial charge in [-0.25, -0.2) is 16.8 Å². The molecule has 2 N–H and O–H groups in total. The lowest BCUT2D eigenvalue weighted by Gasteiger charge is -2.23. The van der Waals surface area contributed by atoms with Crippen molar-refractivity contribution >= 4 is 59.0 Å². The van der Waals surface area contributed by atoms with Gasteiger partial charge in [0.25, 0.3) is 5.89 Å². The van der Waals surface area contributed by atoms with Gasteiger partial charge in [0, 0.05) is 35.0 Å². The summed E-state index contributed by atoms with van der Waals surface area (Å²) >= 11 is 0. The second-order valence-electron chi connectivity index (χ2n) is 13.2. The van der Waals surface area contributed by atoms with Crippen LogP contribution < -0.4 is 14.3 Å². The van der Waals surface area contributed by atoms with Crippen LogP contribution in [0.3, 0.4) is 0 Å². The molecule has 0 spiro atoms. The van der Waals surface area contributed by atoms with Gasteiger partial charge in [-0.1, -0.05) is 36.4 Å². The number of sulfonamides is 2. The summed E-state index contributed by atoms with van der Waals surface area (Å²) in [5, 5.41) is 17.4. The van der Waals surface area contributed by atoms with Crippen LogP contribution in [-0.2, 0) is 46.2 Å². The number of halogens is 2. The molecule has 0 unspecified atom stereocenters. The summed E-state index contributed by atoms with van der Waals surface area (Å²) in [5.41, 5.74) is 10.6. The van der Waals surface area contributed by atoms with Gasteiger partial charge in [-0.05, 0) is 73.5 Å². The molecule has 0 atom stereocenters. The van der Waals surface area contributed by atoms with Gasteiger partial charge in [0.1, 0.15) is 0 Å². The standard InChI is InChI=1S/C20H19F2N5O3S.C19H22N4O3S/c1-3-26-17-10-16(9-8-15(17)11-23-26)27(31(2,28)29)12-13-4-6-14(7-5-13)19-24-25-20(30-19)18(21)22;1-3-22-18-10-17(9-8-16(18)12-21-22)23(27(2,25)26)13-14-4-6-15(7-5-14)19(24)11-20/h4-11,18H,3,12H2,1-2H3;4-10,12H,3,11,13,20H2,1-2H3. The van der Waals surface area contributed by atoms with Crippen molar-refractivity contribution in [3.05, 3.63) is 120 Å². The zero-order valence-electron chi connectivity index (χ0n) is 32.0. The number of hydrogen-bond acceptors (Lipinski definition) is 11. The van der Waals surface area contributed by atoms with Crippen LogP contribution in [0.25, 0.3) is 33.3 Å². The van der Waals surface area contributed by atoms with E-state index in [-0.39, 0.29) is 31.3 Å². The first-order valence-electron chi connectivity index (χ1n) is 18.0. The van der Waals surface area contributed by atoms with Gasteiger partial charge in [-0.3, -0.25) is 22.8 Å². The van der Waals surface area contributed by atoms with Crippen molar-refractivity contribution in [3.8, 4) is 11.5 Å². The second kappa shape index (κ2) is 17.2. The molecule has 0 radical (unpaired) electrons. The lowest BCUT2D eigenvalue weighted by Crippen LogP contribution is -2.29. The first kappa shape index (κ1) is 41.6. The first-order valence-corrected chi connectivity index (χ1v) is 21.7. The normalized spacial score (nSPS) is 11.9. The number of nitrogens with two attached hydrogens (primary N) is 1. The SMILES string of the molecule is CCn1ncc2ccc(N(Cc3ccc(-c4nnc(C(F)F)o4)cc3)S(C)(=O)=O)cc21.CCn1ncc2ccc(N(Cc3ccc(C(=O)CN)cc3)S(C)(=O)=O)cc21. The number of anilines is 2. The molecule has 3 heterocycles. The number of fused-ring (bicyclic) bond motifs is 2. The fourth-order valence-electron chi connectivity index (χ4n) is 6.17. The summed E-state index contributed by atoms with van der Waals surface area (Å²) in [6, 6.07) is 24.3. The quantitative estimate of drug-likeness (QED) is 0.123. The number of benzene rings is 4. The molecule has 19 heteroatoms. The van der Waals surface area contributed by atoms with Gasteiger partial charge in [-0.2, -0.15) is 19.0 Å². The van der Waals surface area contributed by atoms with E-state index in [0.29, 0.717) is 41.2 Å². The Balaban J connectivity index is 0.000000198. The molecule has 0 saturated heterocycles. The smallest absolute Gasteiger partial charge is 0.314 e. The molecule has 0 saturated carbocycles. The number of hydrogen-bond donors (Lipinski definition) is 1. The molecule has 0 aliphatic heterocycles. The summed E-state index contributed by atoms with van der Waals surface area (Å²) in [6.07, 6.45) is 2.99. The summed E-state index contributed by atoms with van der Waals surface area (Å²) in [5.74, 6) is -0.927. The van der Waals surface area contributed by atoms with Crippen molar-refractivity contribution in [1.29, 1.82) is 0 Å². The van der Waals surface area contributed by atoms with Crippen LogP contribution in [0.4, 0.5) is 20.2 Å². The molecule has 7 aromatic rings. The maximum absolute atomic E-state index is 12.6. The lowest BCUT2D eigenvalue weighted by atomic mass is 10.1. The summed E-state index contributed by atoms with van der Waals surface area (Å²) in [6.45, 7) is 5.51. The van der Waals surface area contributed by atoms with Gasteiger partial charge < -0.3 is 10.2 Å². The molecular formula is C39H41F2N9O6S2. The highest BCUT2D eigenvalue weighted by atomic mass is 32.2. The molecule has 7 rings (SSSR count). The third-order valence-electron chi connectivity index (χ3n) is 9.17. The molecule has 0 bridgehead atoms. The van der Waals surface area contributed by atoms with Crippen molar-refractivity contribution < 1.29 is 34.8 Å². The van der Waals surface area contributed by atoms with Gasteiger partial charge in [0.2, 0.25) is 25.9 Å². The number of nitrogens with zero attached hydrogens (tertiary/aromatic N) is 8. The minimum absolute atomic E-state index is 0.0277. The zero-order valence-corrected chi connectivity index (χ0v) is 33.7. The van der Waals surface area contributed by atoms with E-state index in [2.05, 4.69) is 20.4 Å². The predicted molar refractivity (Wildman–Crippen MR) is 217 cm³/mol. The molecule has 15 nitrogen and oxygen atoms in total. The van der Waals surface area contributed by atoms with Crippen LogP contribution in [0.15, 0.2) is 102 Å². The van der Waals surface area contributed by atoms with Crippen LogP contribution in [0.1, 0.15) is 47.6 Å². The van der Waals surface area contributed by atoms with E-state index >= 15 is 0 Å². The predicted octanol–water partition coefficient (Wildman–Crippen LogP) is 6.17. The van der Waals surface area contributed by atoms with Crippen molar-refractivity contribution in [1.82, 2.24) is 29.8 Å². The Bertz CT molecular complexity index is 2770. The van der Waals surface area contributed by atoms with E-state index in [4.69, 9.17) is 10.2 Å². The summed E-state index contributed by atoms with van der Waals surface area (Å²) in [7, 11) is -7.08. The Kier molecular flexibility index (Phi) is 12.3. The van der Waals surface area contributed by atoms with Crippen LogP contribution >= 0.6 is 0 Å². The number of aryl methyl sites for hydroxylation is 2. The Hall–Kier alpha value is -6.05. The Morgan fingerprint density at radius 2 is 1.19 bits per heavy atom. The summed E-state index contributed by atoms with van der Waals surface area (Å²) < 4.78 is 86.4. The molecular weight excluding hydrogens is 793 g/mol. The fourth-order valence-corrected chi connectivity index (χ4v) is 7.93. The number of ketones is 1. The minimum atomic E-state index is -3.58. The lowest BCUT2D eigenvalue weighted by molar-refractivity contribution is 0.100. The molecule has 4 aromatic carbocycles. The molecule has 0 amide bonds. The second-order valence-corrected chi connectivity index (χ2v) is 17.0. The Labute approximate surface area is 333 Å². The molecule has 0 aliphatic rings. The topological polar surface area (TPSA) is 192 Å². The zero-order chi connectivity index (χ0) is 41.8. The van der Waals surface area contributed by atoms with Gasteiger partial charge in [-0.15, -0.1) is 10.2 Å². The van der Waals surface area contributed by atoms with E-state index in [9.17, 15) is 30.4 Å². The van der Waals surface area contributed by atoms with Crippen molar-refractivity contribution in [3.63, 3.8) is 0 Å². The van der Waals surface area contributed by atoms with Crippen LogP contribution in [0, 0.1) is 0 Å². The van der Waals surface area contributed by atoms with Crippen LogP contribution in [0.5, 0.6) is 0 Å². The van der Waals surface area contributed by atoms with Gasteiger partial charge >= 0.3 is 6.43 Å². The molecule has 0 fully saturated rings. The third kappa shape index (κ3) is 9.38. The number of alkyl halides is 2. The highest BCUT2D eigenvalue weighted by molar-refractivity contribution is 7.92. The number of rotatable bonds is 14. The molecule has 3 aromatic heterocycles. The number of Topliss-reactive ketones (excluding diaryl/α,β-unsaturated/α-hetero) is 1. The number of carbonyl (C=O) groups is 1. The maximum Gasteiger partial charge on any atom is 0.314 e. The molecule has 58 heavy (non-hydrogen) atoms. The Morgan fingerprint density at radius 1 is 0.724 bits per heavy atom. The average Bonchev–Trinajstić information content (AvgIpc) is 3.97. The first-order chi connectivity index (χ1) is 27.6. The van der Waals surface area contributed by atoms with Crippen molar-refractivity contribution in [2.45, 2.75) is 46.5 Å². The number of carbonyl (C=O) groups excluding carboxylic acids is 1. The third-order valence-corrected chi connectivity index (χ3v) is 11.5. The van der Waals surface area contributed by atoms with E-state index in [1.807, 2.05) is 36.7 Å². The van der Waals surface area contributed by atoms with E-state index in [1.165, 1.54) is 14.9 Å². The minimum Gasteiger partial charge on any atom is -0.415 e. The summed E-state index contributed by atoms with van der Waals surface area (Å²) in [4.78, 5) is 11.6. The molecule has 304 valence electrons. The van der Waals surface area contributed by atoms with Gasteiger partial charge in [0.05, 0.1) is 66.9 Å². The van der Waals surface area contributed by atoms with Crippen molar-refractivity contribution in [2.75, 3.05) is 27.7 Å². The Morgan fingerprint density at radius 3 is 1.59 bits per heavy atom. The highest BCUT2D eigenvalue weighted by Gasteiger charge is 2.22. The average molecular weight is 834 g/mol. The van der Waals surface area contributed by atoms with E-state index < -0.39 is 32.4 Å². The van der Waals surface area contributed by atoms with Gasteiger partial charge in [0.15, 0.2) is 5.78 Å². The molecule has 0 aliphatic carbocycles. The highest BCUT2D eigenvalue weighted by Crippen LogP contribution is 2.29. The van der Waals surface area contributed by atoms with Crippen molar-refractivity contribution in [2.24, 2.45) is 5.73 Å². The van der Waals surface area contributed by atoms with Crippen LogP contribution in [-0.4, -0.2) is 71.4 Å². The largest absolute Gasteiger partial charge is 0.415 e. The maximum atomic E-state index is 12.6. The number of aromatic nitrogens is 6.